The average molecular weight is 394 g/mol. The Morgan fingerprint density at radius 2 is 1.82 bits per heavy atom. The second-order valence-electron chi connectivity index (χ2n) is 6.03. The molecule has 0 amide bonds. The lowest BCUT2D eigenvalue weighted by molar-refractivity contribution is -0.144. The van der Waals surface area contributed by atoms with Gasteiger partial charge in [0.1, 0.15) is 0 Å². The Bertz CT molecular complexity index is 1030. The molecule has 0 spiro atoms. The number of fused-ring (bicyclic) bond motifs is 1. The first-order chi connectivity index (χ1) is 13.2. The molecule has 0 unspecified atom stereocenters. The first kappa shape index (κ1) is 19.6. The maximum absolute atomic E-state index is 12.8. The Morgan fingerprint density at radius 1 is 1.14 bits per heavy atom. The Balaban J connectivity index is 1.79. The highest BCUT2D eigenvalue weighted by atomic mass is 19.4. The third-order valence-electron chi connectivity index (χ3n) is 4.17. The van der Waals surface area contributed by atoms with E-state index in [0.29, 0.717) is 28.5 Å². The van der Waals surface area contributed by atoms with E-state index < -0.39 is 18.0 Å². The zero-order valence-electron chi connectivity index (χ0n) is 15.4. The van der Waals surface area contributed by atoms with Gasteiger partial charge in [0.15, 0.2) is 11.5 Å². The van der Waals surface area contributed by atoms with Crippen LogP contribution < -0.4 is 9.47 Å². The van der Waals surface area contributed by atoms with Crippen molar-refractivity contribution in [2.45, 2.75) is 32.9 Å². The molecule has 2 heterocycles. The number of benzene rings is 1. The van der Waals surface area contributed by atoms with Crippen molar-refractivity contribution in [3.8, 4) is 11.5 Å². The highest BCUT2D eigenvalue weighted by molar-refractivity contribution is 5.73. The fourth-order valence-corrected chi connectivity index (χ4v) is 2.79. The normalized spacial score (nSPS) is 11.6. The molecule has 0 atom stereocenters. The number of rotatable bonds is 5. The van der Waals surface area contributed by atoms with Crippen molar-refractivity contribution in [2.75, 3.05) is 7.11 Å². The van der Waals surface area contributed by atoms with Crippen LogP contribution in [0.15, 0.2) is 24.3 Å². The second kappa shape index (κ2) is 7.45. The summed E-state index contributed by atoms with van der Waals surface area (Å²) in [4.78, 5) is 19.7. The van der Waals surface area contributed by atoms with Crippen LogP contribution in [-0.4, -0.2) is 32.7 Å². The zero-order valence-corrected chi connectivity index (χ0v) is 15.4. The lowest BCUT2D eigenvalue weighted by atomic mass is 10.1. The Morgan fingerprint density at radius 3 is 2.46 bits per heavy atom. The van der Waals surface area contributed by atoms with Crippen molar-refractivity contribution in [3.63, 3.8) is 0 Å². The number of carbonyl (C=O) groups excluding carboxylic acids is 1. The molecule has 0 saturated carbocycles. The Labute approximate surface area is 158 Å². The minimum Gasteiger partial charge on any atom is -0.493 e. The smallest absolute Gasteiger partial charge is 0.453 e. The van der Waals surface area contributed by atoms with E-state index in [0.717, 1.165) is 4.52 Å². The van der Waals surface area contributed by atoms with Gasteiger partial charge in [-0.25, -0.2) is 9.50 Å². The minimum absolute atomic E-state index is 0.00768. The highest BCUT2D eigenvalue weighted by Gasteiger charge is 2.37. The molecule has 0 aliphatic rings. The largest absolute Gasteiger partial charge is 0.493 e. The predicted molar refractivity (Wildman–Crippen MR) is 92.2 cm³/mol. The van der Waals surface area contributed by atoms with Gasteiger partial charge >= 0.3 is 12.1 Å². The van der Waals surface area contributed by atoms with Gasteiger partial charge in [-0.15, -0.1) is 5.10 Å². The van der Waals surface area contributed by atoms with Crippen LogP contribution >= 0.6 is 0 Å². The summed E-state index contributed by atoms with van der Waals surface area (Å²) in [5.41, 5.74) is 1.54. The molecule has 0 saturated heterocycles. The molecular weight excluding hydrogens is 377 g/mol. The molecule has 0 bridgehead atoms. The number of para-hydroxylation sites is 2. The maximum Gasteiger partial charge on any atom is 0.453 e. The Kier molecular flexibility index (Phi) is 5.21. The van der Waals surface area contributed by atoms with E-state index in [1.807, 2.05) is 0 Å². The first-order valence-corrected chi connectivity index (χ1v) is 8.34. The van der Waals surface area contributed by atoms with Gasteiger partial charge in [-0.3, -0.25) is 4.79 Å². The molecule has 1 aromatic carbocycles. The maximum atomic E-state index is 12.8. The van der Waals surface area contributed by atoms with Crippen LogP contribution in [0.3, 0.4) is 0 Å². The van der Waals surface area contributed by atoms with E-state index >= 15 is 0 Å². The van der Waals surface area contributed by atoms with Crippen LogP contribution in [0.25, 0.3) is 5.78 Å². The van der Waals surface area contributed by atoms with Gasteiger partial charge in [0.25, 0.3) is 11.6 Å². The number of aryl methyl sites for hydroxylation is 2. The molecule has 0 fully saturated rings. The summed E-state index contributed by atoms with van der Waals surface area (Å²) in [5, 5.41) is 3.49. The van der Waals surface area contributed by atoms with E-state index in [2.05, 4.69) is 15.1 Å². The Hall–Kier alpha value is -3.17. The molecule has 0 aliphatic heterocycles. The van der Waals surface area contributed by atoms with Gasteiger partial charge in [-0.05, 0) is 38.0 Å². The summed E-state index contributed by atoms with van der Waals surface area (Å²) in [7, 11) is 1.47. The summed E-state index contributed by atoms with van der Waals surface area (Å²) in [6, 6.07) is 6.73. The van der Waals surface area contributed by atoms with Gasteiger partial charge in [0.2, 0.25) is 0 Å². The number of hydrogen-bond donors (Lipinski definition) is 0. The van der Waals surface area contributed by atoms with Crippen LogP contribution in [0, 0.1) is 13.8 Å². The summed E-state index contributed by atoms with van der Waals surface area (Å²) in [6.45, 7) is 3.26. The monoisotopic (exact) mass is 394 g/mol. The third-order valence-corrected chi connectivity index (χ3v) is 4.17. The topological polar surface area (TPSA) is 78.6 Å². The standard InChI is InChI=1S/C18H17F3N4O3/c1-10-12(8-9-15(26)28-14-7-5-4-6-13(14)27-3)11(2)25-17(22-10)23-16(24-25)18(19,20)21/h4-7H,8-9H2,1-3H3. The molecule has 3 aromatic rings. The van der Waals surface area contributed by atoms with Crippen LogP contribution in [0.1, 0.15) is 29.2 Å². The molecule has 28 heavy (non-hydrogen) atoms. The molecule has 10 heteroatoms. The lowest BCUT2D eigenvalue weighted by Crippen LogP contribution is -2.12. The van der Waals surface area contributed by atoms with Crippen molar-refractivity contribution in [1.29, 1.82) is 0 Å². The molecule has 3 rings (SSSR count). The van der Waals surface area contributed by atoms with Crippen LogP contribution in [0.4, 0.5) is 13.2 Å². The number of hydrogen-bond acceptors (Lipinski definition) is 6. The van der Waals surface area contributed by atoms with Gasteiger partial charge in [-0.2, -0.15) is 18.2 Å². The van der Waals surface area contributed by atoms with Crippen molar-refractivity contribution < 1.29 is 27.4 Å². The van der Waals surface area contributed by atoms with Crippen molar-refractivity contribution in [1.82, 2.24) is 19.6 Å². The van der Waals surface area contributed by atoms with Gasteiger partial charge in [0, 0.05) is 11.4 Å². The van der Waals surface area contributed by atoms with Gasteiger partial charge in [0.05, 0.1) is 13.5 Å². The highest BCUT2D eigenvalue weighted by Crippen LogP contribution is 2.28. The fourth-order valence-electron chi connectivity index (χ4n) is 2.79. The molecular formula is C18H17F3N4O3. The molecule has 0 aliphatic carbocycles. The lowest BCUT2D eigenvalue weighted by Gasteiger charge is -2.11. The third kappa shape index (κ3) is 3.90. The molecule has 7 nitrogen and oxygen atoms in total. The number of alkyl halides is 3. The molecule has 2 aromatic heterocycles. The number of esters is 1. The van der Waals surface area contributed by atoms with E-state index in [9.17, 15) is 18.0 Å². The number of ether oxygens (including phenoxy) is 2. The van der Waals surface area contributed by atoms with Crippen molar-refractivity contribution >= 4 is 11.7 Å². The zero-order chi connectivity index (χ0) is 20.5. The molecule has 0 N–H and O–H groups in total. The van der Waals surface area contributed by atoms with Crippen LogP contribution in [-0.2, 0) is 17.4 Å². The van der Waals surface area contributed by atoms with Crippen molar-refractivity contribution in [2.24, 2.45) is 0 Å². The van der Waals surface area contributed by atoms with Crippen LogP contribution in [0.2, 0.25) is 0 Å². The number of aromatic nitrogens is 4. The van der Waals surface area contributed by atoms with Gasteiger partial charge in [-0.1, -0.05) is 12.1 Å². The average Bonchev–Trinajstić information content (AvgIpc) is 3.06. The van der Waals surface area contributed by atoms with Crippen LogP contribution in [0.5, 0.6) is 11.5 Å². The first-order valence-electron chi connectivity index (χ1n) is 8.34. The molecule has 148 valence electrons. The number of nitrogens with zero attached hydrogens (tertiary/aromatic N) is 4. The van der Waals surface area contributed by atoms with E-state index in [1.54, 1.807) is 38.1 Å². The number of halogens is 3. The second-order valence-corrected chi connectivity index (χ2v) is 6.03. The van der Waals surface area contributed by atoms with E-state index in [4.69, 9.17) is 9.47 Å². The summed E-state index contributed by atoms with van der Waals surface area (Å²) >= 11 is 0. The summed E-state index contributed by atoms with van der Waals surface area (Å²) in [6.07, 6.45) is -4.42. The SMILES string of the molecule is COc1ccccc1OC(=O)CCc1c(C)nc2nc(C(F)(F)F)nn2c1C. The minimum atomic E-state index is -4.66. The molecule has 0 radical (unpaired) electrons. The predicted octanol–water partition coefficient (Wildman–Crippen LogP) is 3.31. The fraction of sp³-hybridized carbons (Fsp3) is 0.333. The summed E-state index contributed by atoms with van der Waals surface area (Å²) in [5.74, 6) is -1.17. The van der Waals surface area contributed by atoms with Crippen molar-refractivity contribution in [3.05, 3.63) is 47.0 Å². The number of carbonyl (C=O) groups is 1. The number of methoxy groups -OCH3 is 1. The van der Waals surface area contributed by atoms with Gasteiger partial charge < -0.3 is 9.47 Å². The van der Waals surface area contributed by atoms with E-state index in [1.165, 1.54) is 7.11 Å². The summed E-state index contributed by atoms with van der Waals surface area (Å²) < 4.78 is 50.0. The quantitative estimate of drug-likeness (QED) is 0.488. The van der Waals surface area contributed by atoms with E-state index in [-0.39, 0.29) is 18.6 Å².